The monoisotopic (exact) mass is 415 g/mol. The molecule has 0 fully saturated rings. The Morgan fingerprint density at radius 3 is 2.65 bits per heavy atom. The number of ether oxygens (including phenoxy) is 1. The van der Waals surface area contributed by atoms with Crippen molar-refractivity contribution >= 4 is 34.5 Å². The van der Waals surface area contributed by atoms with Crippen LogP contribution in [0.15, 0.2) is 65.8 Å². The lowest BCUT2D eigenvalue weighted by molar-refractivity contribution is -0.125. The highest BCUT2D eigenvalue weighted by Crippen LogP contribution is 2.28. The Bertz CT molecular complexity index is 1140. The van der Waals surface area contributed by atoms with Gasteiger partial charge in [-0.3, -0.25) is 9.59 Å². The summed E-state index contributed by atoms with van der Waals surface area (Å²) in [5.74, 6) is 0.467. The molecule has 0 radical (unpaired) electrons. The highest BCUT2D eigenvalue weighted by atomic mass is 16.5. The van der Waals surface area contributed by atoms with Gasteiger partial charge in [0.25, 0.3) is 0 Å². The lowest BCUT2D eigenvalue weighted by atomic mass is 10.0. The minimum atomic E-state index is -0.285. The van der Waals surface area contributed by atoms with Gasteiger partial charge in [0.1, 0.15) is 5.75 Å². The predicted molar refractivity (Wildman–Crippen MR) is 123 cm³/mol. The number of fused-ring (bicyclic) bond motifs is 2. The van der Waals surface area contributed by atoms with Crippen molar-refractivity contribution < 1.29 is 14.3 Å². The Morgan fingerprint density at radius 2 is 1.81 bits per heavy atom. The zero-order chi connectivity index (χ0) is 21.6. The first-order valence-electron chi connectivity index (χ1n) is 10.4. The second-order valence-corrected chi connectivity index (χ2v) is 7.47. The van der Waals surface area contributed by atoms with Crippen LogP contribution in [0.1, 0.15) is 30.4 Å². The van der Waals surface area contributed by atoms with Crippen molar-refractivity contribution in [3.05, 3.63) is 71.8 Å². The van der Waals surface area contributed by atoms with E-state index < -0.39 is 0 Å². The van der Waals surface area contributed by atoms with E-state index >= 15 is 0 Å². The number of nitrogens with zero attached hydrogens (tertiary/aromatic N) is 2. The van der Waals surface area contributed by atoms with Crippen LogP contribution in [0.3, 0.4) is 0 Å². The number of para-hydroxylation sites is 1. The van der Waals surface area contributed by atoms with Crippen molar-refractivity contribution in [3.8, 4) is 5.75 Å². The minimum Gasteiger partial charge on any atom is -0.496 e. The summed E-state index contributed by atoms with van der Waals surface area (Å²) in [7, 11) is 1.64. The number of benzene rings is 3. The summed E-state index contributed by atoms with van der Waals surface area (Å²) in [5.41, 5.74) is 5.55. The molecule has 1 heterocycles. The van der Waals surface area contributed by atoms with E-state index in [9.17, 15) is 9.59 Å². The molecule has 3 aromatic carbocycles. The van der Waals surface area contributed by atoms with E-state index in [-0.39, 0.29) is 24.7 Å². The molecule has 2 amide bonds. The summed E-state index contributed by atoms with van der Waals surface area (Å²) >= 11 is 0. The molecule has 1 aliphatic heterocycles. The summed E-state index contributed by atoms with van der Waals surface area (Å²) in [4.78, 5) is 26.7. The summed E-state index contributed by atoms with van der Waals surface area (Å²) < 4.78 is 5.40. The van der Waals surface area contributed by atoms with Crippen molar-refractivity contribution in [2.24, 2.45) is 5.10 Å². The average molecular weight is 415 g/mol. The van der Waals surface area contributed by atoms with Crippen LogP contribution >= 0.6 is 0 Å². The summed E-state index contributed by atoms with van der Waals surface area (Å²) in [6, 6.07) is 19.6. The Kier molecular flexibility index (Phi) is 6.26. The standard InChI is InChI=1S/C25H25N3O3/c1-31-23-13-12-19(20-9-3-4-10-21(20)23)17-26-27-24(29)14-15-25(30)28-16-6-8-18-7-2-5-11-22(18)28/h2-5,7,9-13,17H,6,8,14-16H2,1H3,(H,27,29)/b26-17+. The van der Waals surface area contributed by atoms with Crippen molar-refractivity contribution in [2.75, 3.05) is 18.6 Å². The van der Waals surface area contributed by atoms with Gasteiger partial charge in [-0.2, -0.15) is 5.10 Å². The van der Waals surface area contributed by atoms with Crippen molar-refractivity contribution in [1.29, 1.82) is 0 Å². The predicted octanol–water partition coefficient (Wildman–Crippen LogP) is 4.06. The molecule has 4 rings (SSSR count). The molecule has 6 nitrogen and oxygen atoms in total. The molecule has 31 heavy (non-hydrogen) atoms. The molecule has 0 spiro atoms. The molecule has 3 aromatic rings. The number of hydrogen-bond acceptors (Lipinski definition) is 4. The number of methoxy groups -OCH3 is 1. The molecule has 0 atom stereocenters. The van der Waals surface area contributed by atoms with Gasteiger partial charge in [-0.05, 0) is 42.0 Å². The number of amides is 2. The van der Waals surface area contributed by atoms with Gasteiger partial charge < -0.3 is 9.64 Å². The first-order chi connectivity index (χ1) is 15.2. The number of nitrogens with one attached hydrogen (secondary N) is 1. The first-order valence-corrected chi connectivity index (χ1v) is 10.4. The summed E-state index contributed by atoms with van der Waals surface area (Å²) in [6.07, 6.45) is 3.78. The van der Waals surface area contributed by atoms with Gasteiger partial charge in [-0.15, -0.1) is 0 Å². The maximum Gasteiger partial charge on any atom is 0.240 e. The number of rotatable bonds is 6. The SMILES string of the molecule is COc1ccc(/C=N/NC(=O)CCC(=O)N2CCCc3ccccc32)c2ccccc12. The number of carbonyl (C=O) groups is 2. The van der Waals surface area contributed by atoms with E-state index in [0.29, 0.717) is 6.54 Å². The Hall–Kier alpha value is -3.67. The molecular formula is C25H25N3O3. The number of hydrazone groups is 1. The fourth-order valence-electron chi connectivity index (χ4n) is 3.96. The quantitative estimate of drug-likeness (QED) is 0.488. The molecular weight excluding hydrogens is 390 g/mol. The average Bonchev–Trinajstić information content (AvgIpc) is 2.82. The number of hydrogen-bond donors (Lipinski definition) is 1. The zero-order valence-electron chi connectivity index (χ0n) is 17.5. The highest BCUT2D eigenvalue weighted by molar-refractivity contribution is 6.02. The lowest BCUT2D eigenvalue weighted by Gasteiger charge is -2.29. The van der Waals surface area contributed by atoms with Gasteiger partial charge >= 0.3 is 0 Å². The molecule has 0 unspecified atom stereocenters. The van der Waals surface area contributed by atoms with E-state index in [1.54, 1.807) is 18.2 Å². The molecule has 1 aliphatic rings. The third-order valence-electron chi connectivity index (χ3n) is 5.51. The van der Waals surface area contributed by atoms with Gasteiger partial charge in [0.15, 0.2) is 0 Å². The normalized spacial score (nSPS) is 13.3. The van der Waals surface area contributed by atoms with E-state index in [2.05, 4.69) is 16.6 Å². The molecule has 0 saturated carbocycles. The van der Waals surface area contributed by atoms with Crippen molar-refractivity contribution in [3.63, 3.8) is 0 Å². The number of aryl methyl sites for hydroxylation is 1. The van der Waals surface area contributed by atoms with Gasteiger partial charge in [0.2, 0.25) is 11.8 Å². The smallest absolute Gasteiger partial charge is 0.240 e. The Balaban J connectivity index is 1.35. The fraction of sp³-hybridized carbons (Fsp3) is 0.240. The van der Waals surface area contributed by atoms with E-state index in [0.717, 1.165) is 40.6 Å². The maximum absolute atomic E-state index is 12.7. The minimum absolute atomic E-state index is 0.0348. The van der Waals surface area contributed by atoms with Crippen LogP contribution in [0.5, 0.6) is 5.75 Å². The van der Waals surface area contributed by atoms with Crippen LogP contribution in [0.25, 0.3) is 10.8 Å². The number of carbonyl (C=O) groups excluding carboxylic acids is 2. The summed E-state index contributed by atoms with van der Waals surface area (Å²) in [6.45, 7) is 0.695. The van der Waals surface area contributed by atoms with Gasteiger partial charge in [0.05, 0.1) is 13.3 Å². The Morgan fingerprint density at radius 1 is 1.03 bits per heavy atom. The van der Waals surface area contributed by atoms with E-state index in [1.165, 1.54) is 5.56 Å². The van der Waals surface area contributed by atoms with Crippen LogP contribution < -0.4 is 15.1 Å². The molecule has 0 aromatic heterocycles. The largest absolute Gasteiger partial charge is 0.496 e. The van der Waals surface area contributed by atoms with Crippen LogP contribution in [-0.2, 0) is 16.0 Å². The van der Waals surface area contributed by atoms with E-state index in [4.69, 9.17) is 4.74 Å². The highest BCUT2D eigenvalue weighted by Gasteiger charge is 2.22. The van der Waals surface area contributed by atoms with Crippen LogP contribution in [0.4, 0.5) is 5.69 Å². The van der Waals surface area contributed by atoms with Gasteiger partial charge in [-0.1, -0.05) is 42.5 Å². The maximum atomic E-state index is 12.7. The van der Waals surface area contributed by atoms with Gasteiger partial charge in [-0.25, -0.2) is 5.43 Å². The van der Waals surface area contributed by atoms with Crippen molar-refractivity contribution in [2.45, 2.75) is 25.7 Å². The first kappa shape index (κ1) is 20.6. The summed E-state index contributed by atoms with van der Waals surface area (Å²) in [5, 5.41) is 6.05. The Labute approximate surface area is 181 Å². The van der Waals surface area contributed by atoms with E-state index in [1.807, 2.05) is 54.6 Å². The van der Waals surface area contributed by atoms with Gasteiger partial charge in [0, 0.05) is 36.0 Å². The second kappa shape index (κ2) is 9.43. The zero-order valence-corrected chi connectivity index (χ0v) is 17.5. The second-order valence-electron chi connectivity index (χ2n) is 7.47. The molecule has 1 N–H and O–H groups in total. The fourth-order valence-corrected chi connectivity index (χ4v) is 3.96. The lowest BCUT2D eigenvalue weighted by Crippen LogP contribution is -2.36. The third kappa shape index (κ3) is 4.58. The molecule has 0 aliphatic carbocycles. The van der Waals surface area contributed by atoms with Crippen LogP contribution in [-0.4, -0.2) is 31.7 Å². The topological polar surface area (TPSA) is 71.0 Å². The molecule has 0 bridgehead atoms. The molecule has 0 saturated heterocycles. The molecule has 158 valence electrons. The molecule has 6 heteroatoms. The van der Waals surface area contributed by atoms with Crippen LogP contribution in [0.2, 0.25) is 0 Å². The number of anilines is 1. The van der Waals surface area contributed by atoms with Crippen molar-refractivity contribution in [1.82, 2.24) is 5.43 Å². The third-order valence-corrected chi connectivity index (χ3v) is 5.51. The van der Waals surface area contributed by atoms with Crippen LogP contribution in [0, 0.1) is 0 Å².